The molecule has 2 aliphatic rings. The first-order valence-electron chi connectivity index (χ1n) is 5.04. The number of quaternary nitrogens is 1. The molecule has 0 bridgehead atoms. The molecule has 2 saturated heterocycles. The zero-order valence-electron chi connectivity index (χ0n) is 7.50. The summed E-state index contributed by atoms with van der Waals surface area (Å²) < 4.78 is 11.3. The third-order valence-corrected chi connectivity index (χ3v) is 2.60. The molecule has 2 heterocycles. The number of hydrogen-bond donors (Lipinski definition) is 1. The molecular formula is C9H18NO2+. The molecule has 0 unspecified atom stereocenters. The molecule has 2 N–H and O–H groups in total. The summed E-state index contributed by atoms with van der Waals surface area (Å²) in [4.78, 5) is 0. The van der Waals surface area contributed by atoms with E-state index in [9.17, 15) is 0 Å². The summed E-state index contributed by atoms with van der Waals surface area (Å²) in [6, 6.07) is 0. The maximum absolute atomic E-state index is 5.80. The van der Waals surface area contributed by atoms with E-state index < -0.39 is 0 Å². The number of hydrogen-bond acceptors (Lipinski definition) is 2. The van der Waals surface area contributed by atoms with Gasteiger partial charge in [0, 0.05) is 13.0 Å². The van der Waals surface area contributed by atoms with Gasteiger partial charge in [0.15, 0.2) is 6.29 Å². The van der Waals surface area contributed by atoms with Gasteiger partial charge in [-0.05, 0) is 19.3 Å². The molecular weight excluding hydrogens is 154 g/mol. The minimum atomic E-state index is 0.107. The summed E-state index contributed by atoms with van der Waals surface area (Å²) in [5.41, 5.74) is 0. The summed E-state index contributed by atoms with van der Waals surface area (Å²) in [7, 11) is 0. The Morgan fingerprint density at radius 2 is 2.25 bits per heavy atom. The molecule has 3 nitrogen and oxygen atoms in total. The molecule has 0 amide bonds. The van der Waals surface area contributed by atoms with Crippen LogP contribution in [-0.4, -0.2) is 32.1 Å². The van der Waals surface area contributed by atoms with Crippen molar-refractivity contribution in [3.63, 3.8) is 0 Å². The monoisotopic (exact) mass is 172 g/mol. The van der Waals surface area contributed by atoms with Crippen molar-refractivity contribution in [2.24, 2.45) is 0 Å². The molecule has 2 fully saturated rings. The Morgan fingerprint density at radius 3 is 2.92 bits per heavy atom. The number of ether oxygens (including phenoxy) is 2. The number of nitrogens with two attached hydrogens (primary N) is 1. The fourth-order valence-corrected chi connectivity index (χ4v) is 1.88. The van der Waals surface area contributed by atoms with Crippen LogP contribution >= 0.6 is 0 Å². The zero-order chi connectivity index (χ0) is 8.23. The van der Waals surface area contributed by atoms with Crippen molar-refractivity contribution < 1.29 is 14.8 Å². The van der Waals surface area contributed by atoms with Crippen molar-refractivity contribution in [2.75, 3.05) is 19.7 Å². The second-order valence-corrected chi connectivity index (χ2v) is 3.66. The summed E-state index contributed by atoms with van der Waals surface area (Å²) in [5, 5.41) is 2.31. The summed E-state index contributed by atoms with van der Waals surface area (Å²) in [5.74, 6) is 0. The van der Waals surface area contributed by atoms with Crippen molar-refractivity contribution in [3.05, 3.63) is 0 Å². The zero-order valence-corrected chi connectivity index (χ0v) is 7.50. The molecule has 0 saturated carbocycles. The Labute approximate surface area is 73.4 Å². The molecule has 2 atom stereocenters. The van der Waals surface area contributed by atoms with E-state index in [1.165, 1.54) is 25.8 Å². The molecule has 0 aromatic rings. The highest BCUT2D eigenvalue weighted by atomic mass is 16.7. The molecule has 2 rings (SSSR count). The first-order chi connectivity index (χ1) is 5.95. The third-order valence-electron chi connectivity index (χ3n) is 2.60. The first kappa shape index (κ1) is 8.48. The van der Waals surface area contributed by atoms with Gasteiger partial charge in [0.2, 0.25) is 0 Å². The normalized spacial score (nSPS) is 37.0. The lowest BCUT2D eigenvalue weighted by Gasteiger charge is -2.24. The van der Waals surface area contributed by atoms with E-state index >= 15 is 0 Å². The van der Waals surface area contributed by atoms with Crippen LogP contribution in [-0.2, 0) is 9.47 Å². The van der Waals surface area contributed by atoms with Crippen LogP contribution < -0.4 is 5.32 Å². The molecule has 0 spiro atoms. The van der Waals surface area contributed by atoms with Crippen LogP contribution in [0.25, 0.3) is 0 Å². The van der Waals surface area contributed by atoms with E-state index in [-0.39, 0.29) is 6.29 Å². The van der Waals surface area contributed by atoms with Gasteiger partial charge in [0.1, 0.15) is 12.6 Å². The van der Waals surface area contributed by atoms with Crippen LogP contribution in [0.1, 0.15) is 25.7 Å². The van der Waals surface area contributed by atoms with E-state index in [1.54, 1.807) is 0 Å². The highest BCUT2D eigenvalue weighted by Gasteiger charge is 2.24. The third kappa shape index (κ3) is 2.19. The lowest BCUT2D eigenvalue weighted by molar-refractivity contribution is -0.639. The van der Waals surface area contributed by atoms with Crippen LogP contribution in [0.5, 0.6) is 0 Å². The first-order valence-corrected chi connectivity index (χ1v) is 5.04. The van der Waals surface area contributed by atoms with Gasteiger partial charge >= 0.3 is 0 Å². The van der Waals surface area contributed by atoms with Gasteiger partial charge in [0.25, 0.3) is 0 Å². The average Bonchev–Trinajstić information content (AvgIpc) is 2.59. The van der Waals surface area contributed by atoms with Crippen LogP contribution in [0.15, 0.2) is 0 Å². The molecule has 70 valence electrons. The van der Waals surface area contributed by atoms with E-state index in [4.69, 9.17) is 9.47 Å². The Kier molecular flexibility index (Phi) is 2.98. The second kappa shape index (κ2) is 4.21. The van der Waals surface area contributed by atoms with Crippen molar-refractivity contribution in [3.8, 4) is 0 Å². The lowest BCUT2D eigenvalue weighted by atomic mass is 10.2. The molecule has 0 aromatic carbocycles. The maximum atomic E-state index is 5.80. The van der Waals surface area contributed by atoms with Gasteiger partial charge in [-0.3, -0.25) is 0 Å². The second-order valence-electron chi connectivity index (χ2n) is 3.66. The smallest absolute Gasteiger partial charge is 0.158 e. The van der Waals surface area contributed by atoms with Gasteiger partial charge in [-0.2, -0.15) is 0 Å². The van der Waals surface area contributed by atoms with Crippen LogP contribution in [0.2, 0.25) is 0 Å². The van der Waals surface area contributed by atoms with Gasteiger partial charge < -0.3 is 14.8 Å². The fourth-order valence-electron chi connectivity index (χ4n) is 1.88. The Morgan fingerprint density at radius 1 is 1.25 bits per heavy atom. The Bertz CT molecular complexity index is 128. The van der Waals surface area contributed by atoms with Gasteiger partial charge in [0.05, 0.1) is 6.54 Å². The van der Waals surface area contributed by atoms with Crippen molar-refractivity contribution in [2.45, 2.75) is 38.1 Å². The fraction of sp³-hybridized carbons (Fsp3) is 1.00. The molecule has 12 heavy (non-hydrogen) atoms. The van der Waals surface area contributed by atoms with Gasteiger partial charge in [-0.15, -0.1) is 0 Å². The minimum Gasteiger partial charge on any atom is -0.353 e. The maximum Gasteiger partial charge on any atom is 0.158 e. The quantitative estimate of drug-likeness (QED) is 0.629. The highest BCUT2D eigenvalue weighted by Crippen LogP contribution is 2.16. The summed E-state index contributed by atoms with van der Waals surface area (Å²) in [6.07, 6.45) is 5.32. The topological polar surface area (TPSA) is 35.1 Å². The van der Waals surface area contributed by atoms with Gasteiger partial charge in [-0.1, -0.05) is 0 Å². The molecule has 0 aromatic heterocycles. The van der Waals surface area contributed by atoms with Gasteiger partial charge in [-0.25, -0.2) is 0 Å². The summed E-state index contributed by atoms with van der Waals surface area (Å²) in [6.45, 7) is 3.23. The Hall–Kier alpha value is -0.120. The minimum absolute atomic E-state index is 0.107. The number of rotatable bonds is 2. The molecule has 0 radical (unpaired) electrons. The molecule has 0 aliphatic carbocycles. The standard InChI is InChI=1S/C9H17NO2/c1-2-6-11-9(3-1)12-8-4-5-10-7-8/h8-10H,1-7H2/p+1/t8-,9-/m1/s1. The summed E-state index contributed by atoms with van der Waals surface area (Å²) >= 11 is 0. The largest absolute Gasteiger partial charge is 0.353 e. The van der Waals surface area contributed by atoms with E-state index in [0.29, 0.717) is 6.10 Å². The van der Waals surface area contributed by atoms with Crippen LogP contribution in [0.3, 0.4) is 0 Å². The van der Waals surface area contributed by atoms with E-state index in [2.05, 4.69) is 5.32 Å². The SMILES string of the molecule is C1CC[C@@H](O[C@@H]2CC[NH2+]C2)OC1. The predicted octanol–water partition coefficient (Wildman–Crippen LogP) is -0.135. The van der Waals surface area contributed by atoms with Crippen molar-refractivity contribution in [1.29, 1.82) is 0 Å². The van der Waals surface area contributed by atoms with E-state index in [0.717, 1.165) is 19.6 Å². The highest BCUT2D eigenvalue weighted by molar-refractivity contribution is 4.62. The predicted molar refractivity (Wildman–Crippen MR) is 44.7 cm³/mol. The van der Waals surface area contributed by atoms with E-state index in [1.807, 2.05) is 0 Å². The Balaban J connectivity index is 1.69. The van der Waals surface area contributed by atoms with Crippen LogP contribution in [0, 0.1) is 0 Å². The molecule has 3 heteroatoms. The average molecular weight is 172 g/mol. The molecule has 2 aliphatic heterocycles. The van der Waals surface area contributed by atoms with Crippen molar-refractivity contribution in [1.82, 2.24) is 0 Å². The van der Waals surface area contributed by atoms with Crippen LogP contribution in [0.4, 0.5) is 0 Å². The van der Waals surface area contributed by atoms with Crippen molar-refractivity contribution >= 4 is 0 Å². The lowest BCUT2D eigenvalue weighted by Crippen LogP contribution is -2.81.